The predicted octanol–water partition coefficient (Wildman–Crippen LogP) is 2.58. The molecule has 2 aromatic carbocycles. The molecule has 0 radical (unpaired) electrons. The van der Waals surface area contributed by atoms with Gasteiger partial charge >= 0.3 is 0 Å². The number of nitrogens with one attached hydrogen (secondary N) is 2. The van der Waals surface area contributed by atoms with Crippen LogP contribution in [0.15, 0.2) is 59.7 Å². The molecular formula is C30H32N6O5S. The molecule has 3 heterocycles. The fraction of sp³-hybridized carbons (Fsp3) is 0.333. The zero-order chi connectivity index (χ0) is 29.3. The smallest absolute Gasteiger partial charge is 0.280 e. The number of pyridine rings is 1. The molecule has 0 saturated carbocycles. The predicted molar refractivity (Wildman–Crippen MR) is 160 cm³/mol. The Hall–Kier alpha value is -4.13. The molecule has 0 atom stereocenters. The second-order valence-electron chi connectivity index (χ2n) is 10.7. The fourth-order valence-corrected chi connectivity index (χ4v) is 6.81. The Morgan fingerprint density at radius 1 is 1.05 bits per heavy atom. The van der Waals surface area contributed by atoms with E-state index in [0.29, 0.717) is 24.7 Å². The number of carbonyl (C=O) groups is 1. The minimum absolute atomic E-state index is 0.0732. The van der Waals surface area contributed by atoms with Crippen LogP contribution in [0.25, 0.3) is 16.7 Å². The highest BCUT2D eigenvalue weighted by Gasteiger charge is 2.22. The number of benzene rings is 2. The van der Waals surface area contributed by atoms with Gasteiger partial charge in [0.1, 0.15) is 5.56 Å². The van der Waals surface area contributed by atoms with E-state index in [1.165, 1.54) is 30.6 Å². The van der Waals surface area contributed by atoms with Crippen molar-refractivity contribution in [3.05, 3.63) is 87.3 Å². The molecule has 2 aliphatic rings. The van der Waals surface area contributed by atoms with Crippen molar-refractivity contribution in [2.75, 3.05) is 43.6 Å². The zero-order valence-electron chi connectivity index (χ0n) is 23.3. The quantitative estimate of drug-likeness (QED) is 0.298. The summed E-state index contributed by atoms with van der Waals surface area (Å²) in [6, 6.07) is 14.1. The molecule has 1 aliphatic carbocycles. The Kier molecular flexibility index (Phi) is 7.76. The molecule has 0 spiro atoms. The van der Waals surface area contributed by atoms with Crippen LogP contribution in [0.3, 0.4) is 0 Å². The van der Waals surface area contributed by atoms with Gasteiger partial charge in [0.05, 0.1) is 24.0 Å². The van der Waals surface area contributed by atoms with Crippen molar-refractivity contribution in [3.8, 4) is 5.69 Å². The van der Waals surface area contributed by atoms with Gasteiger partial charge in [-0.2, -0.15) is 4.98 Å². The summed E-state index contributed by atoms with van der Waals surface area (Å²) < 4.78 is 25.1. The third-order valence-electron chi connectivity index (χ3n) is 7.91. The molecule has 6 rings (SSSR count). The average molecular weight is 589 g/mol. The van der Waals surface area contributed by atoms with E-state index in [1.54, 1.807) is 4.57 Å². The standard InChI is InChI=1S/C30H32N6O5S/c1-41-34-29(38)26-19-36(24-10-7-21-3-2-4-22(21)17-24)28-25(27(26)37)18-31-30(33-28)32-23-8-5-20(6-9-23)11-12-35-13-15-42(39,40)16-14-35/h5-10,17-19H,2-4,11-16H2,1H3,(H,34,38)(H,31,32,33). The van der Waals surface area contributed by atoms with Crippen LogP contribution in [-0.2, 0) is 33.9 Å². The van der Waals surface area contributed by atoms with Crippen LogP contribution < -0.4 is 16.2 Å². The number of aryl methyl sites for hydroxylation is 2. The lowest BCUT2D eigenvalue weighted by atomic mass is 10.1. The molecule has 218 valence electrons. The van der Waals surface area contributed by atoms with E-state index in [4.69, 9.17) is 9.82 Å². The average Bonchev–Trinajstić information content (AvgIpc) is 3.46. The number of rotatable bonds is 8. The normalized spacial score (nSPS) is 16.3. The molecule has 1 saturated heterocycles. The first kappa shape index (κ1) is 28.0. The summed E-state index contributed by atoms with van der Waals surface area (Å²) in [5, 5.41) is 3.43. The molecule has 2 aromatic heterocycles. The Balaban J connectivity index is 1.26. The van der Waals surface area contributed by atoms with Gasteiger partial charge in [-0.15, -0.1) is 0 Å². The van der Waals surface area contributed by atoms with Crippen LogP contribution in [0, 0.1) is 0 Å². The van der Waals surface area contributed by atoms with Crippen LogP contribution in [0.5, 0.6) is 0 Å². The molecule has 42 heavy (non-hydrogen) atoms. The van der Waals surface area contributed by atoms with Gasteiger partial charge in [0.2, 0.25) is 11.4 Å². The van der Waals surface area contributed by atoms with Crippen molar-refractivity contribution < 1.29 is 18.0 Å². The van der Waals surface area contributed by atoms with Crippen LogP contribution >= 0.6 is 0 Å². The Labute approximate surface area is 243 Å². The Morgan fingerprint density at radius 3 is 2.57 bits per heavy atom. The number of amides is 1. The summed E-state index contributed by atoms with van der Waals surface area (Å²) in [5.41, 5.74) is 7.34. The van der Waals surface area contributed by atoms with Crippen molar-refractivity contribution in [1.82, 2.24) is 24.9 Å². The summed E-state index contributed by atoms with van der Waals surface area (Å²) in [7, 11) is -1.57. The molecule has 4 aromatic rings. The van der Waals surface area contributed by atoms with Crippen LogP contribution in [0.4, 0.5) is 11.6 Å². The molecule has 1 amide bonds. The number of anilines is 2. The third-order valence-corrected chi connectivity index (χ3v) is 9.52. The number of hydroxylamine groups is 1. The van der Waals surface area contributed by atoms with Crippen molar-refractivity contribution >= 4 is 38.4 Å². The Morgan fingerprint density at radius 2 is 1.81 bits per heavy atom. The first-order valence-corrected chi connectivity index (χ1v) is 15.8. The highest BCUT2D eigenvalue weighted by atomic mass is 32.2. The van der Waals surface area contributed by atoms with E-state index in [-0.39, 0.29) is 22.5 Å². The lowest BCUT2D eigenvalue weighted by Gasteiger charge is -2.26. The van der Waals surface area contributed by atoms with E-state index in [1.807, 2.05) is 30.3 Å². The van der Waals surface area contributed by atoms with E-state index in [2.05, 4.69) is 32.8 Å². The summed E-state index contributed by atoms with van der Waals surface area (Å²) in [4.78, 5) is 41.9. The zero-order valence-corrected chi connectivity index (χ0v) is 24.1. The summed E-state index contributed by atoms with van der Waals surface area (Å²) in [6.07, 6.45) is 6.88. The van der Waals surface area contributed by atoms with Gasteiger partial charge in [0.15, 0.2) is 15.5 Å². The largest absolute Gasteiger partial charge is 0.324 e. The molecule has 0 bridgehead atoms. The monoisotopic (exact) mass is 588 g/mol. The van der Waals surface area contributed by atoms with E-state index >= 15 is 0 Å². The maximum atomic E-state index is 13.3. The van der Waals surface area contributed by atoms with Gasteiger partial charge in [0.25, 0.3) is 5.91 Å². The van der Waals surface area contributed by atoms with Gasteiger partial charge in [-0.3, -0.25) is 14.4 Å². The van der Waals surface area contributed by atoms with E-state index < -0.39 is 21.2 Å². The minimum atomic E-state index is -2.88. The van der Waals surface area contributed by atoms with Crippen molar-refractivity contribution in [2.45, 2.75) is 25.7 Å². The number of hydrogen-bond acceptors (Lipinski definition) is 9. The maximum absolute atomic E-state index is 13.3. The topological polar surface area (TPSA) is 136 Å². The molecular weight excluding hydrogens is 556 g/mol. The fourth-order valence-electron chi connectivity index (χ4n) is 5.53. The van der Waals surface area contributed by atoms with Crippen molar-refractivity contribution in [2.24, 2.45) is 0 Å². The second kappa shape index (κ2) is 11.6. The minimum Gasteiger partial charge on any atom is -0.324 e. The summed E-state index contributed by atoms with van der Waals surface area (Å²) >= 11 is 0. The maximum Gasteiger partial charge on any atom is 0.280 e. The summed E-state index contributed by atoms with van der Waals surface area (Å²) in [5.74, 6) is 0.118. The molecule has 0 unspecified atom stereocenters. The molecule has 12 heteroatoms. The highest BCUT2D eigenvalue weighted by Crippen LogP contribution is 2.26. The molecule has 1 aliphatic heterocycles. The SMILES string of the molecule is CONC(=O)c1cn(-c2ccc3c(c2)CCC3)c2nc(Nc3ccc(CCN4CCS(=O)(=O)CC4)cc3)ncc2c1=O. The van der Waals surface area contributed by atoms with Gasteiger partial charge in [-0.1, -0.05) is 18.2 Å². The number of sulfone groups is 1. The van der Waals surface area contributed by atoms with Crippen molar-refractivity contribution in [3.63, 3.8) is 0 Å². The van der Waals surface area contributed by atoms with Gasteiger partial charge < -0.3 is 14.8 Å². The molecule has 11 nitrogen and oxygen atoms in total. The number of aromatic nitrogens is 3. The lowest BCUT2D eigenvalue weighted by molar-refractivity contribution is 0.0536. The van der Waals surface area contributed by atoms with E-state index in [9.17, 15) is 18.0 Å². The second-order valence-corrected chi connectivity index (χ2v) is 13.0. The molecule has 1 fully saturated rings. The van der Waals surface area contributed by atoms with Crippen LogP contribution in [0.2, 0.25) is 0 Å². The number of fused-ring (bicyclic) bond motifs is 2. The van der Waals surface area contributed by atoms with Gasteiger partial charge in [-0.25, -0.2) is 18.9 Å². The van der Waals surface area contributed by atoms with Gasteiger partial charge in [0, 0.05) is 43.4 Å². The van der Waals surface area contributed by atoms with Crippen LogP contribution in [0.1, 0.15) is 33.5 Å². The number of hydrogen-bond donors (Lipinski definition) is 2. The first-order chi connectivity index (χ1) is 20.3. The molecule has 2 N–H and O–H groups in total. The van der Waals surface area contributed by atoms with Crippen molar-refractivity contribution in [1.29, 1.82) is 0 Å². The number of carbonyl (C=O) groups excluding carboxylic acids is 1. The first-order valence-electron chi connectivity index (χ1n) is 14.0. The third kappa shape index (κ3) is 5.91. The number of nitrogens with zero attached hydrogens (tertiary/aromatic N) is 4. The van der Waals surface area contributed by atoms with Gasteiger partial charge in [-0.05, 0) is 66.6 Å². The lowest BCUT2D eigenvalue weighted by Crippen LogP contribution is -2.41. The Bertz CT molecular complexity index is 1810. The summed E-state index contributed by atoms with van der Waals surface area (Å²) in [6.45, 7) is 1.97. The highest BCUT2D eigenvalue weighted by molar-refractivity contribution is 7.91. The van der Waals surface area contributed by atoms with Crippen LogP contribution in [-0.4, -0.2) is 72.0 Å². The van der Waals surface area contributed by atoms with E-state index in [0.717, 1.165) is 49.2 Å².